The van der Waals surface area contributed by atoms with Gasteiger partial charge in [-0.15, -0.1) is 24.0 Å². The first-order valence-electron chi connectivity index (χ1n) is 8.00. The highest BCUT2D eigenvalue weighted by molar-refractivity contribution is 14.0. The number of carbonyl (C=O) groups is 1. The van der Waals surface area contributed by atoms with Gasteiger partial charge in [-0.25, -0.2) is 8.42 Å². The fraction of sp³-hybridized carbons (Fsp3) is 0.500. The van der Waals surface area contributed by atoms with Crippen molar-refractivity contribution in [3.8, 4) is 0 Å². The average Bonchev–Trinajstić information content (AvgIpc) is 2.57. The van der Waals surface area contributed by atoms with Crippen molar-refractivity contribution in [2.45, 2.75) is 19.4 Å². The largest absolute Gasteiger partial charge is 0.355 e. The van der Waals surface area contributed by atoms with E-state index in [1.807, 2.05) is 6.92 Å². The number of halogens is 3. The fourth-order valence-electron chi connectivity index (χ4n) is 1.99. The lowest BCUT2D eigenvalue weighted by atomic mass is 10.2. The van der Waals surface area contributed by atoms with E-state index in [1.165, 1.54) is 12.3 Å². The average molecular weight is 551 g/mol. The molecule has 1 aromatic rings. The van der Waals surface area contributed by atoms with Crippen LogP contribution in [0, 0.1) is 0 Å². The van der Waals surface area contributed by atoms with Crippen LogP contribution in [0.5, 0.6) is 0 Å². The Bertz CT molecular complexity index is 760. The molecule has 0 radical (unpaired) electrons. The molecule has 0 fully saturated rings. The summed E-state index contributed by atoms with van der Waals surface area (Å²) in [5.41, 5.74) is 0.427. The molecule has 1 rings (SSSR count). The molecule has 7 nitrogen and oxygen atoms in total. The van der Waals surface area contributed by atoms with Crippen molar-refractivity contribution >= 4 is 68.9 Å². The van der Waals surface area contributed by atoms with Gasteiger partial charge in [0.05, 0.1) is 15.8 Å². The van der Waals surface area contributed by atoms with Gasteiger partial charge in [0, 0.05) is 38.0 Å². The Morgan fingerprint density at radius 3 is 2.37 bits per heavy atom. The summed E-state index contributed by atoms with van der Waals surface area (Å²) < 4.78 is 22.4. The van der Waals surface area contributed by atoms with Crippen molar-refractivity contribution in [3.63, 3.8) is 0 Å². The van der Waals surface area contributed by atoms with Crippen LogP contribution in [0.2, 0.25) is 10.0 Å². The molecular formula is C16H25Cl2IN4O3S. The van der Waals surface area contributed by atoms with Gasteiger partial charge >= 0.3 is 0 Å². The molecule has 1 unspecified atom stereocenters. The molecule has 0 aliphatic carbocycles. The van der Waals surface area contributed by atoms with Crippen molar-refractivity contribution in [1.82, 2.24) is 16.0 Å². The standard InChI is InChI=1S/C16H24Cl2N4O3S.HI/c1-11(6-9-26(3,24)25)22-16(19-2)21-8-7-20-15(23)12-4-5-13(17)14(18)10-12;/h4-5,10-11H,6-9H2,1-3H3,(H,20,23)(H2,19,21,22);1H. The number of nitrogens with zero attached hydrogens (tertiary/aromatic N) is 1. The summed E-state index contributed by atoms with van der Waals surface area (Å²) in [6.45, 7) is 2.70. The van der Waals surface area contributed by atoms with Crippen molar-refractivity contribution in [2.24, 2.45) is 4.99 Å². The third-order valence-electron chi connectivity index (χ3n) is 3.41. The van der Waals surface area contributed by atoms with Crippen LogP contribution >= 0.6 is 47.2 Å². The zero-order chi connectivity index (χ0) is 19.7. The monoisotopic (exact) mass is 550 g/mol. The Morgan fingerprint density at radius 1 is 1.19 bits per heavy atom. The molecule has 0 saturated heterocycles. The maximum atomic E-state index is 12.0. The van der Waals surface area contributed by atoms with Gasteiger partial charge in [0.1, 0.15) is 9.84 Å². The molecule has 0 saturated carbocycles. The molecule has 0 aliphatic rings. The summed E-state index contributed by atoms with van der Waals surface area (Å²) in [6.07, 6.45) is 1.69. The SMILES string of the molecule is CN=C(NCCNC(=O)c1ccc(Cl)c(Cl)c1)NC(C)CCS(C)(=O)=O.I. The Morgan fingerprint density at radius 2 is 1.81 bits per heavy atom. The first-order valence-corrected chi connectivity index (χ1v) is 10.8. The van der Waals surface area contributed by atoms with E-state index in [2.05, 4.69) is 20.9 Å². The lowest BCUT2D eigenvalue weighted by Crippen LogP contribution is -2.45. The van der Waals surface area contributed by atoms with E-state index in [9.17, 15) is 13.2 Å². The molecule has 1 aromatic carbocycles. The van der Waals surface area contributed by atoms with Crippen molar-refractivity contribution < 1.29 is 13.2 Å². The first kappa shape index (κ1) is 26.2. The molecule has 0 aromatic heterocycles. The molecule has 0 aliphatic heterocycles. The molecule has 27 heavy (non-hydrogen) atoms. The van der Waals surface area contributed by atoms with E-state index < -0.39 is 9.84 Å². The van der Waals surface area contributed by atoms with Crippen LogP contribution in [0.25, 0.3) is 0 Å². The summed E-state index contributed by atoms with van der Waals surface area (Å²) in [7, 11) is -1.37. The van der Waals surface area contributed by atoms with Crippen LogP contribution in [0.4, 0.5) is 0 Å². The number of aliphatic imine (C=N–C) groups is 1. The maximum absolute atomic E-state index is 12.0. The minimum Gasteiger partial charge on any atom is -0.355 e. The second-order valence-corrected chi connectivity index (χ2v) is 8.92. The van der Waals surface area contributed by atoms with Gasteiger partial charge in [0.2, 0.25) is 0 Å². The number of carbonyl (C=O) groups excluding carboxylic acids is 1. The van der Waals surface area contributed by atoms with Gasteiger partial charge in [0.25, 0.3) is 5.91 Å². The fourth-order valence-corrected chi connectivity index (χ4v) is 3.07. The second kappa shape index (κ2) is 12.6. The zero-order valence-corrected chi connectivity index (χ0v) is 20.0. The van der Waals surface area contributed by atoms with E-state index in [-0.39, 0.29) is 41.7 Å². The van der Waals surface area contributed by atoms with Gasteiger partial charge in [0.15, 0.2) is 5.96 Å². The summed E-state index contributed by atoms with van der Waals surface area (Å²) in [4.78, 5) is 16.1. The van der Waals surface area contributed by atoms with E-state index in [0.29, 0.717) is 41.1 Å². The normalized spacial score (nSPS) is 12.7. The van der Waals surface area contributed by atoms with E-state index >= 15 is 0 Å². The molecule has 1 amide bonds. The topological polar surface area (TPSA) is 99.7 Å². The number of amides is 1. The molecule has 1 atom stereocenters. The minimum absolute atomic E-state index is 0. The highest BCUT2D eigenvalue weighted by atomic mass is 127. The highest BCUT2D eigenvalue weighted by Crippen LogP contribution is 2.22. The Kier molecular flexibility index (Phi) is 12.3. The smallest absolute Gasteiger partial charge is 0.251 e. The first-order chi connectivity index (χ1) is 12.1. The quantitative estimate of drug-likeness (QED) is 0.200. The van der Waals surface area contributed by atoms with Crippen molar-refractivity contribution in [3.05, 3.63) is 33.8 Å². The Balaban J connectivity index is 0.00000676. The number of nitrogens with one attached hydrogen (secondary N) is 3. The second-order valence-electron chi connectivity index (χ2n) is 5.85. The third-order valence-corrected chi connectivity index (χ3v) is 5.13. The predicted octanol–water partition coefficient (Wildman–Crippen LogP) is 2.33. The van der Waals surface area contributed by atoms with Crippen LogP contribution in [0.15, 0.2) is 23.2 Å². The lowest BCUT2D eigenvalue weighted by Gasteiger charge is -2.17. The molecule has 154 valence electrons. The summed E-state index contributed by atoms with van der Waals surface area (Å²) in [6, 6.07) is 4.62. The third kappa shape index (κ3) is 11.0. The van der Waals surface area contributed by atoms with Gasteiger partial charge < -0.3 is 16.0 Å². The van der Waals surface area contributed by atoms with E-state index in [4.69, 9.17) is 23.2 Å². The van der Waals surface area contributed by atoms with Crippen LogP contribution < -0.4 is 16.0 Å². The van der Waals surface area contributed by atoms with Crippen LogP contribution in [0.3, 0.4) is 0 Å². The highest BCUT2D eigenvalue weighted by Gasteiger charge is 2.10. The van der Waals surface area contributed by atoms with Crippen molar-refractivity contribution in [2.75, 3.05) is 32.1 Å². The summed E-state index contributed by atoms with van der Waals surface area (Å²) in [5, 5.41) is 9.63. The maximum Gasteiger partial charge on any atom is 0.251 e. The van der Waals surface area contributed by atoms with Gasteiger partial charge in [-0.3, -0.25) is 9.79 Å². The zero-order valence-electron chi connectivity index (χ0n) is 15.4. The number of hydrogen-bond donors (Lipinski definition) is 3. The molecular weight excluding hydrogens is 526 g/mol. The number of hydrogen-bond acceptors (Lipinski definition) is 4. The van der Waals surface area contributed by atoms with Gasteiger partial charge in [-0.1, -0.05) is 23.2 Å². The summed E-state index contributed by atoms with van der Waals surface area (Å²) in [5.74, 6) is 0.391. The lowest BCUT2D eigenvalue weighted by molar-refractivity contribution is 0.0954. The van der Waals surface area contributed by atoms with Crippen LogP contribution in [-0.4, -0.2) is 58.5 Å². The van der Waals surface area contributed by atoms with Crippen LogP contribution in [-0.2, 0) is 9.84 Å². The Hall–Kier alpha value is -0.780. The summed E-state index contributed by atoms with van der Waals surface area (Å²) >= 11 is 11.7. The van der Waals surface area contributed by atoms with Gasteiger partial charge in [-0.2, -0.15) is 0 Å². The van der Waals surface area contributed by atoms with Crippen molar-refractivity contribution in [1.29, 1.82) is 0 Å². The van der Waals surface area contributed by atoms with Gasteiger partial charge in [-0.05, 0) is 31.5 Å². The number of guanidine groups is 1. The molecule has 0 spiro atoms. The number of sulfone groups is 1. The molecule has 0 heterocycles. The molecule has 3 N–H and O–H groups in total. The van der Waals surface area contributed by atoms with E-state index in [0.717, 1.165) is 0 Å². The number of rotatable bonds is 8. The van der Waals surface area contributed by atoms with Crippen LogP contribution in [0.1, 0.15) is 23.7 Å². The molecule has 11 heteroatoms. The number of benzene rings is 1. The molecule has 0 bridgehead atoms. The Labute approximate surface area is 187 Å². The van der Waals surface area contributed by atoms with E-state index in [1.54, 1.807) is 19.2 Å². The minimum atomic E-state index is -2.99. The predicted molar refractivity (Wildman–Crippen MR) is 122 cm³/mol.